The smallest absolute Gasteiger partial charge is 0.311 e. The summed E-state index contributed by atoms with van der Waals surface area (Å²) in [6.07, 6.45) is 0.0391. The van der Waals surface area contributed by atoms with Crippen molar-refractivity contribution in [3.8, 4) is 0 Å². The fourth-order valence-corrected chi connectivity index (χ4v) is 3.95. The summed E-state index contributed by atoms with van der Waals surface area (Å²) in [4.78, 5) is 38.6. The molecule has 1 aliphatic heterocycles. The first-order chi connectivity index (χ1) is 14.2. The first-order valence-corrected chi connectivity index (χ1v) is 10.6. The van der Waals surface area contributed by atoms with Gasteiger partial charge in [0.25, 0.3) is 5.91 Å². The van der Waals surface area contributed by atoms with Crippen LogP contribution in [0.25, 0.3) is 0 Å². The van der Waals surface area contributed by atoms with Crippen molar-refractivity contribution in [3.05, 3.63) is 56.5 Å². The van der Waals surface area contributed by atoms with Crippen LogP contribution in [0.1, 0.15) is 23.1 Å². The molecule has 1 aliphatic rings. The number of carbonyl (C=O) groups is 3. The Morgan fingerprint density at radius 2 is 1.90 bits per heavy atom. The normalized spacial score (nSPS) is 16.0. The molecule has 1 saturated heterocycles. The van der Waals surface area contributed by atoms with Crippen LogP contribution in [0.4, 0.5) is 11.4 Å². The molecule has 3 rings (SSSR count). The molecule has 8 heteroatoms. The maximum absolute atomic E-state index is 12.4. The molecule has 1 N–H and O–H groups in total. The second kappa shape index (κ2) is 9.18. The number of nitrogens with zero attached hydrogens (tertiary/aromatic N) is 1. The number of ether oxygens (including phenoxy) is 1. The number of halogens is 2. The first kappa shape index (κ1) is 22.3. The fraction of sp³-hybridized carbons (Fsp3) is 0.318. The van der Waals surface area contributed by atoms with E-state index in [1.807, 2.05) is 26.8 Å². The summed E-state index contributed by atoms with van der Waals surface area (Å²) in [7, 11) is 0. The number of hydrogen-bond donors (Lipinski definition) is 1. The molecule has 6 nitrogen and oxygen atoms in total. The second-order valence-electron chi connectivity index (χ2n) is 7.29. The highest BCUT2D eigenvalue weighted by Crippen LogP contribution is 2.32. The van der Waals surface area contributed by atoms with Crippen molar-refractivity contribution in [1.82, 2.24) is 0 Å². The van der Waals surface area contributed by atoms with Gasteiger partial charge in [0.15, 0.2) is 6.61 Å². The first-order valence-electron chi connectivity index (χ1n) is 9.46. The van der Waals surface area contributed by atoms with E-state index in [-0.39, 0.29) is 18.9 Å². The maximum atomic E-state index is 12.4. The molecular formula is C22H22BrClN2O4. The zero-order valence-electron chi connectivity index (χ0n) is 16.9. The van der Waals surface area contributed by atoms with Gasteiger partial charge in [-0.25, -0.2) is 0 Å². The van der Waals surface area contributed by atoms with Gasteiger partial charge in [-0.3, -0.25) is 14.4 Å². The molecule has 30 heavy (non-hydrogen) atoms. The van der Waals surface area contributed by atoms with Crippen molar-refractivity contribution in [3.63, 3.8) is 0 Å². The predicted octanol–water partition coefficient (Wildman–Crippen LogP) is 4.56. The Bertz CT molecular complexity index is 1020. The second-order valence-corrected chi connectivity index (χ2v) is 8.55. The molecule has 0 unspecified atom stereocenters. The van der Waals surface area contributed by atoms with Gasteiger partial charge in [0.2, 0.25) is 5.91 Å². The van der Waals surface area contributed by atoms with Gasteiger partial charge in [-0.05, 0) is 61.7 Å². The van der Waals surface area contributed by atoms with Gasteiger partial charge in [-0.15, -0.1) is 0 Å². The molecule has 2 aromatic carbocycles. The molecule has 1 atom stereocenters. The molecule has 0 aromatic heterocycles. The fourth-order valence-electron chi connectivity index (χ4n) is 3.35. The Morgan fingerprint density at radius 3 is 2.63 bits per heavy atom. The van der Waals surface area contributed by atoms with Crippen molar-refractivity contribution in [2.45, 2.75) is 27.2 Å². The van der Waals surface area contributed by atoms with E-state index >= 15 is 0 Å². The predicted molar refractivity (Wildman–Crippen MR) is 120 cm³/mol. The van der Waals surface area contributed by atoms with Crippen molar-refractivity contribution in [2.75, 3.05) is 23.4 Å². The van der Waals surface area contributed by atoms with Crippen molar-refractivity contribution in [2.24, 2.45) is 5.92 Å². The summed E-state index contributed by atoms with van der Waals surface area (Å²) in [5.41, 5.74) is 4.07. The molecule has 0 radical (unpaired) electrons. The van der Waals surface area contributed by atoms with E-state index in [4.69, 9.17) is 16.3 Å². The number of anilines is 2. The van der Waals surface area contributed by atoms with Crippen LogP contribution in [0.3, 0.4) is 0 Å². The minimum atomic E-state index is -0.625. The summed E-state index contributed by atoms with van der Waals surface area (Å²) in [5, 5.41) is 3.31. The van der Waals surface area contributed by atoms with Gasteiger partial charge >= 0.3 is 5.97 Å². The molecule has 2 amide bonds. The molecule has 0 bridgehead atoms. The zero-order chi connectivity index (χ0) is 22.0. The van der Waals surface area contributed by atoms with Crippen LogP contribution >= 0.6 is 27.5 Å². The number of rotatable bonds is 5. The standard InChI is InChI=1S/C22H22BrClN2O4/c1-12-13(2)18(8-7-16(12)23)25-20(27)11-30-22(29)15-9-21(28)26(10-15)19-6-4-5-17(24)14(19)3/h4-8,15H,9-11H2,1-3H3,(H,25,27)/t15-/m0/s1. The van der Waals surface area contributed by atoms with Crippen LogP contribution in [0, 0.1) is 26.7 Å². The molecule has 1 fully saturated rings. The number of carbonyl (C=O) groups excluding carboxylic acids is 3. The minimum Gasteiger partial charge on any atom is -0.455 e. The highest BCUT2D eigenvalue weighted by Gasteiger charge is 2.37. The van der Waals surface area contributed by atoms with Crippen molar-refractivity contribution >= 4 is 56.7 Å². The molecule has 158 valence electrons. The number of nitrogens with one attached hydrogen (secondary N) is 1. The summed E-state index contributed by atoms with van der Waals surface area (Å²) < 4.78 is 6.13. The van der Waals surface area contributed by atoms with Crippen LogP contribution in [0.15, 0.2) is 34.8 Å². The van der Waals surface area contributed by atoms with Crippen molar-refractivity contribution < 1.29 is 19.1 Å². The number of hydrogen-bond acceptors (Lipinski definition) is 4. The van der Waals surface area contributed by atoms with Crippen molar-refractivity contribution in [1.29, 1.82) is 0 Å². The SMILES string of the molecule is Cc1c(Cl)cccc1N1C[C@@H](C(=O)OCC(=O)Nc2ccc(Br)c(C)c2C)CC1=O. The van der Waals surface area contributed by atoms with Gasteiger partial charge in [0, 0.05) is 33.8 Å². The van der Waals surface area contributed by atoms with Crippen LogP contribution in [-0.4, -0.2) is 30.9 Å². The van der Waals surface area contributed by atoms with Gasteiger partial charge < -0.3 is 15.0 Å². The summed E-state index contributed by atoms with van der Waals surface area (Å²) in [5.74, 6) is -1.79. The Morgan fingerprint density at radius 1 is 1.17 bits per heavy atom. The van der Waals surface area contributed by atoms with Crippen LogP contribution in [0.5, 0.6) is 0 Å². The van der Waals surface area contributed by atoms with E-state index in [1.54, 1.807) is 29.2 Å². The lowest BCUT2D eigenvalue weighted by molar-refractivity contribution is -0.151. The Hall–Kier alpha value is -2.38. The summed E-state index contributed by atoms with van der Waals surface area (Å²) >= 11 is 9.59. The molecule has 0 spiro atoms. The van der Waals surface area contributed by atoms with Gasteiger partial charge in [-0.1, -0.05) is 33.6 Å². The summed E-state index contributed by atoms with van der Waals surface area (Å²) in [6.45, 7) is 5.46. The van der Waals surface area contributed by atoms with Gasteiger partial charge in [0.1, 0.15) is 0 Å². The van der Waals surface area contributed by atoms with Gasteiger partial charge in [-0.2, -0.15) is 0 Å². The van der Waals surface area contributed by atoms with Gasteiger partial charge in [0.05, 0.1) is 5.92 Å². The molecule has 2 aromatic rings. The molecule has 0 saturated carbocycles. The third kappa shape index (κ3) is 4.68. The minimum absolute atomic E-state index is 0.0391. The quantitative estimate of drug-likeness (QED) is 0.620. The number of esters is 1. The highest BCUT2D eigenvalue weighted by molar-refractivity contribution is 9.10. The average Bonchev–Trinajstić information content (AvgIpc) is 3.10. The number of benzene rings is 2. The lowest BCUT2D eigenvalue weighted by Crippen LogP contribution is -2.28. The zero-order valence-corrected chi connectivity index (χ0v) is 19.3. The van der Waals surface area contributed by atoms with E-state index in [0.29, 0.717) is 16.4 Å². The summed E-state index contributed by atoms with van der Waals surface area (Å²) in [6, 6.07) is 8.94. The molecule has 0 aliphatic carbocycles. The van der Waals surface area contributed by atoms with Crippen LogP contribution in [0.2, 0.25) is 5.02 Å². The Kier molecular flexibility index (Phi) is 6.83. The molecular weight excluding hydrogens is 472 g/mol. The van der Waals surface area contributed by atoms with E-state index in [1.165, 1.54) is 0 Å². The lowest BCUT2D eigenvalue weighted by atomic mass is 10.1. The van der Waals surface area contributed by atoms with E-state index in [9.17, 15) is 14.4 Å². The van der Waals surface area contributed by atoms with E-state index in [2.05, 4.69) is 21.2 Å². The molecule has 1 heterocycles. The average molecular weight is 494 g/mol. The third-order valence-electron chi connectivity index (χ3n) is 5.33. The Labute approximate surface area is 188 Å². The van der Waals surface area contributed by atoms with Crippen LogP contribution < -0.4 is 10.2 Å². The Balaban J connectivity index is 1.58. The van der Waals surface area contributed by atoms with E-state index in [0.717, 1.165) is 21.2 Å². The van der Waals surface area contributed by atoms with Crippen LogP contribution in [-0.2, 0) is 19.1 Å². The van der Waals surface area contributed by atoms with E-state index < -0.39 is 24.4 Å². The topological polar surface area (TPSA) is 75.7 Å². The maximum Gasteiger partial charge on any atom is 0.311 e. The third-order valence-corrected chi connectivity index (χ3v) is 6.60. The lowest BCUT2D eigenvalue weighted by Gasteiger charge is -2.19. The monoisotopic (exact) mass is 492 g/mol. The number of amides is 2. The highest BCUT2D eigenvalue weighted by atomic mass is 79.9. The largest absolute Gasteiger partial charge is 0.455 e.